The molecule has 122 valence electrons. The van der Waals surface area contributed by atoms with Gasteiger partial charge in [-0.2, -0.15) is 0 Å². The van der Waals surface area contributed by atoms with Gasteiger partial charge in [-0.3, -0.25) is 4.79 Å². The predicted octanol–water partition coefficient (Wildman–Crippen LogP) is 1.10. The van der Waals surface area contributed by atoms with Gasteiger partial charge in [-0.25, -0.2) is 13.1 Å². The maximum Gasteiger partial charge on any atom is 0.264 e. The molecule has 22 heavy (non-hydrogen) atoms. The van der Waals surface area contributed by atoms with Crippen molar-refractivity contribution in [3.63, 3.8) is 0 Å². The minimum absolute atomic E-state index is 0.0566. The molecule has 8 nitrogen and oxygen atoms in total. The summed E-state index contributed by atoms with van der Waals surface area (Å²) in [5, 5.41) is 6.25. The average Bonchev–Trinajstić information content (AvgIpc) is 3.06. The van der Waals surface area contributed by atoms with E-state index in [4.69, 9.17) is 20.9 Å². The van der Waals surface area contributed by atoms with Gasteiger partial charge in [0, 0.05) is 14.2 Å². The van der Waals surface area contributed by atoms with Gasteiger partial charge in [-0.15, -0.1) is 0 Å². The van der Waals surface area contributed by atoms with Gasteiger partial charge in [-0.1, -0.05) is 34.6 Å². The second-order valence-electron chi connectivity index (χ2n) is 4.38. The minimum Gasteiger partial charge on any atom is -0.357 e. The zero-order chi connectivity index (χ0) is 16.5. The molecular formula is C11H14ClN3O5S2. The van der Waals surface area contributed by atoms with Crippen molar-refractivity contribution in [3.8, 4) is 0 Å². The Morgan fingerprint density at radius 1 is 1.59 bits per heavy atom. The number of halogens is 1. The van der Waals surface area contributed by atoms with Crippen LogP contribution in [0.1, 0.15) is 5.69 Å². The summed E-state index contributed by atoms with van der Waals surface area (Å²) in [4.78, 5) is 10.5. The number of nitrogens with one attached hydrogen (secondary N) is 2. The zero-order valence-electron chi connectivity index (χ0n) is 11.9. The Morgan fingerprint density at radius 3 is 2.77 bits per heavy atom. The van der Waals surface area contributed by atoms with Crippen LogP contribution in [0.2, 0.25) is 5.02 Å². The largest absolute Gasteiger partial charge is 0.357 e. The molecule has 1 aromatic heterocycles. The van der Waals surface area contributed by atoms with Gasteiger partial charge >= 0.3 is 0 Å². The third kappa shape index (κ3) is 2.71. The van der Waals surface area contributed by atoms with Crippen molar-refractivity contribution in [2.75, 3.05) is 18.9 Å². The number of hydrogen-bond acceptors (Lipinski definition) is 7. The summed E-state index contributed by atoms with van der Waals surface area (Å²) in [5.41, 5.74) is 0.347. The standard InChI is InChI=1S/C11H14ClN3O5S2/c1-6-8(12)9(20-14-6)15-22(17,18)7-4-5-21-11(7,19-3)10(16)13-2/h4-5,7,15H,1-3H3,(H,13,16). The second-order valence-corrected chi connectivity index (χ2v) is 7.67. The monoisotopic (exact) mass is 367 g/mol. The number of carbonyl (C=O) groups excluding carboxylic acids is 1. The van der Waals surface area contributed by atoms with E-state index in [9.17, 15) is 13.2 Å². The first-order valence-corrected chi connectivity index (χ1v) is 8.84. The van der Waals surface area contributed by atoms with Gasteiger partial charge in [0.1, 0.15) is 16.0 Å². The summed E-state index contributed by atoms with van der Waals surface area (Å²) < 4.78 is 37.4. The summed E-state index contributed by atoms with van der Waals surface area (Å²) in [6.45, 7) is 1.57. The number of aromatic nitrogens is 1. The van der Waals surface area contributed by atoms with Gasteiger partial charge in [0.2, 0.25) is 15.0 Å². The molecule has 0 radical (unpaired) electrons. The lowest BCUT2D eigenvalue weighted by Gasteiger charge is -2.30. The van der Waals surface area contributed by atoms with E-state index in [1.165, 1.54) is 25.6 Å². The van der Waals surface area contributed by atoms with Crippen LogP contribution in [0.25, 0.3) is 0 Å². The summed E-state index contributed by atoms with van der Waals surface area (Å²) in [6.07, 6.45) is 1.36. The van der Waals surface area contributed by atoms with Crippen molar-refractivity contribution in [1.29, 1.82) is 0 Å². The maximum atomic E-state index is 12.6. The predicted molar refractivity (Wildman–Crippen MR) is 83.1 cm³/mol. The summed E-state index contributed by atoms with van der Waals surface area (Å²) >= 11 is 6.86. The van der Waals surface area contributed by atoms with Crippen LogP contribution in [0.15, 0.2) is 16.0 Å². The fraction of sp³-hybridized carbons (Fsp3) is 0.455. The fourth-order valence-electron chi connectivity index (χ4n) is 1.94. The quantitative estimate of drug-likeness (QED) is 0.801. The number of ether oxygens (including phenoxy) is 1. The van der Waals surface area contributed by atoms with E-state index in [1.807, 2.05) is 0 Å². The molecule has 1 aliphatic rings. The van der Waals surface area contributed by atoms with Crippen LogP contribution in [0.5, 0.6) is 0 Å². The van der Waals surface area contributed by atoms with E-state index in [2.05, 4.69) is 15.2 Å². The molecule has 0 bridgehead atoms. The van der Waals surface area contributed by atoms with Gasteiger partial charge in [0.15, 0.2) is 0 Å². The van der Waals surface area contributed by atoms with Crippen molar-refractivity contribution < 1.29 is 22.5 Å². The lowest BCUT2D eigenvalue weighted by atomic mass is 10.2. The highest BCUT2D eigenvalue weighted by Gasteiger charge is 2.54. The first-order valence-electron chi connectivity index (χ1n) is 6.03. The van der Waals surface area contributed by atoms with Crippen molar-refractivity contribution in [1.82, 2.24) is 10.5 Å². The van der Waals surface area contributed by atoms with E-state index in [-0.39, 0.29) is 10.9 Å². The van der Waals surface area contributed by atoms with Gasteiger partial charge in [0.05, 0.1) is 0 Å². The van der Waals surface area contributed by atoms with E-state index in [1.54, 1.807) is 6.92 Å². The topological polar surface area (TPSA) is 111 Å². The first-order chi connectivity index (χ1) is 10.3. The average molecular weight is 368 g/mol. The molecule has 0 spiro atoms. The number of aryl methyl sites for hydroxylation is 1. The Balaban J connectivity index is 2.37. The molecule has 2 N–H and O–H groups in total. The Bertz CT molecular complexity index is 717. The molecule has 0 aromatic carbocycles. The highest BCUT2D eigenvalue weighted by molar-refractivity contribution is 8.06. The van der Waals surface area contributed by atoms with Crippen molar-refractivity contribution in [2.45, 2.75) is 17.1 Å². The molecule has 2 rings (SSSR count). The molecule has 0 saturated heterocycles. The number of amides is 1. The third-order valence-corrected chi connectivity index (χ3v) is 6.55. The van der Waals surface area contributed by atoms with Crippen LogP contribution in [0, 0.1) is 6.92 Å². The van der Waals surface area contributed by atoms with E-state index >= 15 is 0 Å². The normalized spacial score (nSPS) is 24.5. The van der Waals surface area contributed by atoms with E-state index in [0.717, 1.165) is 11.8 Å². The molecule has 2 heterocycles. The number of hydrogen-bond donors (Lipinski definition) is 2. The fourth-order valence-corrected chi connectivity index (χ4v) is 5.14. The highest BCUT2D eigenvalue weighted by Crippen LogP contribution is 2.42. The lowest BCUT2D eigenvalue weighted by Crippen LogP contribution is -2.54. The van der Waals surface area contributed by atoms with Gasteiger partial charge in [0.25, 0.3) is 11.8 Å². The van der Waals surface area contributed by atoms with Crippen molar-refractivity contribution in [2.24, 2.45) is 0 Å². The van der Waals surface area contributed by atoms with Gasteiger partial charge < -0.3 is 14.6 Å². The number of methoxy groups -OCH3 is 1. The number of sulfonamides is 1. The number of carbonyl (C=O) groups is 1. The first kappa shape index (κ1) is 17.1. The zero-order valence-corrected chi connectivity index (χ0v) is 14.3. The Hall–Kier alpha value is -1.23. The maximum absolute atomic E-state index is 12.6. The SMILES string of the molecule is CNC(=O)C1(OC)SC=CC1S(=O)(=O)Nc1onc(C)c1Cl. The number of anilines is 1. The number of nitrogens with zero attached hydrogens (tertiary/aromatic N) is 1. The van der Waals surface area contributed by atoms with Crippen molar-refractivity contribution in [3.05, 3.63) is 22.2 Å². The van der Waals surface area contributed by atoms with E-state index in [0.29, 0.717) is 5.69 Å². The molecule has 2 atom stereocenters. The van der Waals surface area contributed by atoms with Crippen LogP contribution >= 0.6 is 23.4 Å². The lowest BCUT2D eigenvalue weighted by molar-refractivity contribution is -0.132. The smallest absolute Gasteiger partial charge is 0.264 e. The summed E-state index contributed by atoms with van der Waals surface area (Å²) in [5.74, 6) is -0.772. The summed E-state index contributed by atoms with van der Waals surface area (Å²) in [7, 11) is -1.39. The van der Waals surface area contributed by atoms with Crippen LogP contribution in [-0.4, -0.2) is 43.8 Å². The van der Waals surface area contributed by atoms with Crippen LogP contribution in [0.4, 0.5) is 5.88 Å². The molecular weight excluding hydrogens is 354 g/mol. The van der Waals surface area contributed by atoms with Gasteiger partial charge in [-0.05, 0) is 12.3 Å². The Morgan fingerprint density at radius 2 is 2.27 bits per heavy atom. The van der Waals surface area contributed by atoms with E-state index < -0.39 is 26.1 Å². The molecule has 0 fully saturated rings. The summed E-state index contributed by atoms with van der Waals surface area (Å²) in [6, 6.07) is 0. The van der Waals surface area contributed by atoms with Crippen LogP contribution < -0.4 is 10.0 Å². The molecule has 0 aliphatic carbocycles. The molecule has 0 saturated carbocycles. The van der Waals surface area contributed by atoms with Crippen molar-refractivity contribution >= 4 is 45.2 Å². The highest BCUT2D eigenvalue weighted by atomic mass is 35.5. The Labute approximate surface area is 136 Å². The third-order valence-electron chi connectivity index (χ3n) is 3.08. The number of thioether (sulfide) groups is 1. The molecule has 1 amide bonds. The number of likely N-dealkylation sites (N-methyl/N-ethyl adjacent to an activating group) is 1. The Kier molecular flexibility index (Phi) is 4.76. The van der Waals surface area contributed by atoms with Crippen LogP contribution in [-0.2, 0) is 19.6 Å². The minimum atomic E-state index is -4.06. The molecule has 1 aliphatic heterocycles. The molecule has 2 unspecified atom stereocenters. The molecule has 1 aromatic rings. The molecule has 11 heteroatoms. The van der Waals surface area contributed by atoms with Crippen LogP contribution in [0.3, 0.4) is 0 Å². The number of rotatable bonds is 5. The second kappa shape index (κ2) is 6.11.